The second-order valence-electron chi connectivity index (χ2n) is 11.7. The molecule has 0 heteroatoms. The van der Waals surface area contributed by atoms with Crippen molar-refractivity contribution >= 4 is 32.7 Å². The smallest absolute Gasteiger partial charge is 0.00992 e. The molecular formula is C48H38. The van der Waals surface area contributed by atoms with E-state index in [1.165, 1.54) is 11.1 Å². The van der Waals surface area contributed by atoms with Crippen molar-refractivity contribution in [1.29, 1.82) is 0 Å². The highest BCUT2D eigenvalue weighted by Gasteiger charge is 2.13. The second kappa shape index (κ2) is 14.9. The summed E-state index contributed by atoms with van der Waals surface area (Å²) in [4.78, 5) is 0. The third-order valence-electron chi connectivity index (χ3n) is 8.57. The Morgan fingerprint density at radius 1 is 0.458 bits per heavy atom. The first-order valence-electron chi connectivity index (χ1n) is 16.1. The molecule has 0 spiro atoms. The van der Waals surface area contributed by atoms with E-state index in [0.29, 0.717) is 0 Å². The summed E-state index contributed by atoms with van der Waals surface area (Å²) >= 11 is 0. The summed E-state index contributed by atoms with van der Waals surface area (Å²) in [5, 5.41) is 4.51. The molecule has 230 valence electrons. The van der Waals surface area contributed by atoms with Gasteiger partial charge in [0, 0.05) is 0 Å². The van der Waals surface area contributed by atoms with Gasteiger partial charge in [0.15, 0.2) is 0 Å². The van der Waals surface area contributed by atoms with E-state index in [4.69, 9.17) is 6.58 Å². The van der Waals surface area contributed by atoms with Crippen LogP contribution in [-0.4, -0.2) is 0 Å². The molecule has 0 aliphatic carbocycles. The molecule has 0 N–H and O–H groups in total. The molecule has 0 radical (unpaired) electrons. The monoisotopic (exact) mass is 614 g/mol. The largest absolute Gasteiger partial charge is 0.0991 e. The van der Waals surface area contributed by atoms with Gasteiger partial charge in [0.05, 0.1) is 0 Å². The molecule has 0 aromatic heterocycles. The van der Waals surface area contributed by atoms with Gasteiger partial charge in [-0.3, -0.25) is 0 Å². The fraction of sp³-hybridized carbons (Fsp3) is 0. The molecule has 6 rings (SSSR count). The van der Waals surface area contributed by atoms with Crippen LogP contribution in [0.4, 0.5) is 0 Å². The van der Waals surface area contributed by atoms with Gasteiger partial charge in [-0.15, -0.1) is 0 Å². The predicted octanol–water partition coefficient (Wildman–Crippen LogP) is 13.4. The standard InChI is InChI=1S/C48H38/c1-5-6-17-35(2)36(3)34-48(42-22-11-8-12-23-42)37(4)44-32-30-39-20-13-14-21-40(39)31-33-45(47-25-16-15-24-46(44)47)43-28-26-41(27-29-43)38-18-9-7-10-19-38/h5-34H,1-4H2. The van der Waals surface area contributed by atoms with Gasteiger partial charge < -0.3 is 0 Å². The van der Waals surface area contributed by atoms with Crippen molar-refractivity contribution in [3.63, 3.8) is 0 Å². The number of rotatable bonds is 9. The molecule has 0 saturated carbocycles. The molecule has 0 saturated heterocycles. The molecule has 0 aliphatic rings. The molecule has 0 amide bonds. The molecule has 0 heterocycles. The van der Waals surface area contributed by atoms with Crippen molar-refractivity contribution in [2.75, 3.05) is 0 Å². The van der Waals surface area contributed by atoms with E-state index in [1.807, 2.05) is 24.3 Å². The molecule has 6 aromatic rings. The van der Waals surface area contributed by atoms with Gasteiger partial charge in [0.2, 0.25) is 0 Å². The van der Waals surface area contributed by atoms with Gasteiger partial charge in [-0.05, 0) is 83.3 Å². The van der Waals surface area contributed by atoms with Crippen molar-refractivity contribution in [2.24, 2.45) is 0 Å². The molecule has 48 heavy (non-hydrogen) atoms. The van der Waals surface area contributed by atoms with Crippen LogP contribution in [0.2, 0.25) is 0 Å². The molecule has 0 unspecified atom stereocenters. The topological polar surface area (TPSA) is 0 Å². The third kappa shape index (κ3) is 7.09. The van der Waals surface area contributed by atoms with Crippen molar-refractivity contribution in [3.8, 4) is 22.3 Å². The number of benzene rings is 5. The first-order valence-corrected chi connectivity index (χ1v) is 16.1. The van der Waals surface area contributed by atoms with E-state index < -0.39 is 0 Å². The van der Waals surface area contributed by atoms with Crippen molar-refractivity contribution in [2.45, 2.75) is 0 Å². The summed E-state index contributed by atoms with van der Waals surface area (Å²) in [5.74, 6) is 0. The molecule has 0 aliphatic heterocycles. The van der Waals surface area contributed by atoms with Crippen LogP contribution in [0, 0.1) is 0 Å². The van der Waals surface area contributed by atoms with Crippen LogP contribution in [0.3, 0.4) is 0 Å². The lowest BCUT2D eigenvalue weighted by Gasteiger charge is -2.16. The Labute approximate surface area is 284 Å². The molecule has 0 fully saturated rings. The first kappa shape index (κ1) is 31.7. The van der Waals surface area contributed by atoms with E-state index in [-0.39, 0.29) is 0 Å². The van der Waals surface area contributed by atoms with Crippen LogP contribution < -0.4 is 0 Å². The van der Waals surface area contributed by atoms with E-state index in [0.717, 1.165) is 66.1 Å². The molecule has 0 bridgehead atoms. The second-order valence-corrected chi connectivity index (χ2v) is 11.7. The van der Waals surface area contributed by atoms with E-state index >= 15 is 0 Å². The minimum atomic E-state index is 0.810. The highest BCUT2D eigenvalue weighted by Crippen LogP contribution is 2.37. The highest BCUT2D eigenvalue weighted by molar-refractivity contribution is 6.12. The van der Waals surface area contributed by atoms with Crippen LogP contribution >= 0.6 is 0 Å². The quantitative estimate of drug-likeness (QED) is 0.142. The van der Waals surface area contributed by atoms with Crippen LogP contribution in [0.5, 0.6) is 0 Å². The van der Waals surface area contributed by atoms with Crippen LogP contribution in [-0.2, 0) is 0 Å². The number of fused-ring (bicyclic) bond motifs is 2. The number of hydrogen-bond acceptors (Lipinski definition) is 0. The maximum atomic E-state index is 4.76. The van der Waals surface area contributed by atoms with Gasteiger partial charge in [-0.25, -0.2) is 0 Å². The van der Waals surface area contributed by atoms with Gasteiger partial charge in [-0.1, -0.05) is 202 Å². The zero-order valence-electron chi connectivity index (χ0n) is 27.1. The molecule has 0 atom stereocenters. The maximum absolute atomic E-state index is 4.76. The molecular weight excluding hydrogens is 577 g/mol. The Balaban J connectivity index is 1.63. The Morgan fingerprint density at radius 2 is 1.00 bits per heavy atom. The van der Waals surface area contributed by atoms with E-state index in [9.17, 15) is 0 Å². The minimum Gasteiger partial charge on any atom is -0.0991 e. The zero-order chi connectivity index (χ0) is 33.3. The lowest BCUT2D eigenvalue weighted by molar-refractivity contribution is 1.56. The summed E-state index contributed by atoms with van der Waals surface area (Å²) in [5.41, 5.74) is 10.3. The molecule has 0 nitrogen and oxygen atoms in total. The van der Waals surface area contributed by atoms with Gasteiger partial charge in [0.25, 0.3) is 0 Å². The van der Waals surface area contributed by atoms with Crippen LogP contribution in [0.15, 0.2) is 219 Å². The normalized spacial score (nSPS) is 11.3. The third-order valence-corrected chi connectivity index (χ3v) is 8.57. The maximum Gasteiger partial charge on any atom is -0.00992 e. The van der Waals surface area contributed by atoms with Crippen molar-refractivity contribution in [3.05, 3.63) is 231 Å². The average Bonchev–Trinajstić information content (AvgIpc) is 3.14. The zero-order valence-corrected chi connectivity index (χ0v) is 27.1. The summed E-state index contributed by atoms with van der Waals surface area (Å²) in [6.45, 7) is 17.2. The summed E-state index contributed by atoms with van der Waals surface area (Å²) < 4.78 is 0. The van der Waals surface area contributed by atoms with Crippen LogP contribution in [0.25, 0.3) is 54.9 Å². The van der Waals surface area contributed by atoms with Gasteiger partial charge >= 0.3 is 0 Å². The highest BCUT2D eigenvalue weighted by atomic mass is 14.2. The van der Waals surface area contributed by atoms with Gasteiger partial charge in [-0.2, -0.15) is 0 Å². The summed E-state index contributed by atoms with van der Waals surface area (Å²) in [6, 6.07) is 55.7. The minimum absolute atomic E-state index is 0.810. The predicted molar refractivity (Wildman–Crippen MR) is 211 cm³/mol. The first-order chi connectivity index (χ1) is 23.5. The Hall–Kier alpha value is -6.24. The van der Waals surface area contributed by atoms with Crippen LogP contribution in [0.1, 0.15) is 11.1 Å². The lowest BCUT2D eigenvalue weighted by atomic mass is 9.88. The fourth-order valence-electron chi connectivity index (χ4n) is 5.95. The SMILES string of the molecule is C=CC=CC(=C)C(=C)C=C(C(=C)c1ccc2ccccc2ccc(-c2ccc(-c3ccccc3)cc2)c2ccccc12)c1ccccc1. The van der Waals surface area contributed by atoms with E-state index in [2.05, 4.69) is 171 Å². The Kier molecular flexibility index (Phi) is 9.85. The number of hydrogen-bond donors (Lipinski definition) is 0. The van der Waals surface area contributed by atoms with E-state index in [1.54, 1.807) is 6.08 Å². The average molecular weight is 615 g/mol. The lowest BCUT2D eigenvalue weighted by Crippen LogP contribution is -1.93. The van der Waals surface area contributed by atoms with Crippen molar-refractivity contribution in [1.82, 2.24) is 0 Å². The number of allylic oxidation sites excluding steroid dienone is 8. The fourth-order valence-corrected chi connectivity index (χ4v) is 5.95. The summed E-state index contributed by atoms with van der Waals surface area (Å²) in [7, 11) is 0. The van der Waals surface area contributed by atoms with Crippen molar-refractivity contribution < 1.29 is 0 Å². The molecule has 6 aromatic carbocycles. The summed E-state index contributed by atoms with van der Waals surface area (Å²) in [6.07, 6.45) is 7.64. The van der Waals surface area contributed by atoms with Gasteiger partial charge in [0.1, 0.15) is 0 Å². The Morgan fingerprint density at radius 3 is 1.67 bits per heavy atom. The Bertz CT molecular complexity index is 2260.